The number of likely N-dealkylation sites (tertiary alicyclic amines) is 1. The zero-order valence-electron chi connectivity index (χ0n) is 10.7. The Morgan fingerprint density at radius 1 is 1.38 bits per heavy atom. The molecule has 2 rings (SSSR count). The van der Waals surface area contributed by atoms with Crippen LogP contribution in [0.2, 0.25) is 0 Å². The molecule has 0 spiro atoms. The van der Waals surface area contributed by atoms with Gasteiger partial charge in [0.1, 0.15) is 0 Å². The molecule has 0 aromatic heterocycles. The summed E-state index contributed by atoms with van der Waals surface area (Å²) in [6.07, 6.45) is 4.14. The number of hydrogen-bond acceptors (Lipinski definition) is 3. The van der Waals surface area contributed by atoms with Crippen LogP contribution in [0.15, 0.2) is 0 Å². The molecule has 3 nitrogen and oxygen atoms in total. The van der Waals surface area contributed by atoms with Crippen LogP contribution in [0.3, 0.4) is 0 Å². The molecule has 0 saturated carbocycles. The molecule has 0 bridgehead atoms. The third-order valence-corrected chi connectivity index (χ3v) is 4.30. The summed E-state index contributed by atoms with van der Waals surface area (Å²) in [7, 11) is 0. The van der Waals surface area contributed by atoms with E-state index in [9.17, 15) is 0 Å². The van der Waals surface area contributed by atoms with E-state index in [1.807, 2.05) is 0 Å². The molecule has 3 atom stereocenters. The van der Waals surface area contributed by atoms with Crippen LogP contribution in [0.4, 0.5) is 0 Å². The number of hydrogen-bond donors (Lipinski definition) is 1. The highest BCUT2D eigenvalue weighted by Gasteiger charge is 2.34. The van der Waals surface area contributed by atoms with E-state index in [0.717, 1.165) is 25.0 Å². The summed E-state index contributed by atoms with van der Waals surface area (Å²) in [6, 6.07) is 0.464. The van der Waals surface area contributed by atoms with Crippen LogP contribution < -0.4 is 5.73 Å². The molecule has 0 amide bonds. The topological polar surface area (TPSA) is 38.5 Å². The molecule has 94 valence electrons. The van der Waals surface area contributed by atoms with Crippen LogP contribution in [-0.4, -0.2) is 43.3 Å². The van der Waals surface area contributed by atoms with Gasteiger partial charge in [-0.15, -0.1) is 0 Å². The molecule has 0 aromatic carbocycles. The summed E-state index contributed by atoms with van der Waals surface area (Å²) in [5.74, 6) is 1.66. The molecule has 0 aliphatic carbocycles. The second-order valence-electron chi connectivity index (χ2n) is 5.64. The molecule has 2 aliphatic rings. The van der Waals surface area contributed by atoms with Crippen molar-refractivity contribution in [3.05, 3.63) is 0 Å². The zero-order valence-corrected chi connectivity index (χ0v) is 10.7. The van der Waals surface area contributed by atoms with E-state index in [2.05, 4.69) is 18.7 Å². The Balaban J connectivity index is 1.90. The first kappa shape index (κ1) is 12.3. The summed E-state index contributed by atoms with van der Waals surface area (Å²) in [5, 5.41) is 0. The molecule has 2 fully saturated rings. The standard InChI is InChI=1S/C13H26N2O/c1-10(2)11-5-6-15(9-11)12(8-14)13-4-3-7-16-13/h10-13H,3-9,14H2,1-2H3. The Bertz CT molecular complexity index is 214. The van der Waals surface area contributed by atoms with Crippen LogP contribution in [-0.2, 0) is 4.74 Å². The lowest BCUT2D eigenvalue weighted by molar-refractivity contribution is 0.0344. The van der Waals surface area contributed by atoms with E-state index in [1.54, 1.807) is 0 Å². The van der Waals surface area contributed by atoms with E-state index in [-0.39, 0.29) is 0 Å². The van der Waals surface area contributed by atoms with Crippen LogP contribution >= 0.6 is 0 Å². The first-order valence-corrected chi connectivity index (χ1v) is 6.78. The van der Waals surface area contributed by atoms with Crippen molar-refractivity contribution in [1.82, 2.24) is 4.90 Å². The average molecular weight is 226 g/mol. The molecule has 2 saturated heterocycles. The van der Waals surface area contributed by atoms with Crippen molar-refractivity contribution in [3.63, 3.8) is 0 Å². The summed E-state index contributed by atoms with van der Waals surface area (Å²) in [5.41, 5.74) is 5.93. The van der Waals surface area contributed by atoms with Gasteiger partial charge < -0.3 is 10.5 Å². The molecule has 0 radical (unpaired) electrons. The first-order valence-electron chi connectivity index (χ1n) is 6.78. The minimum atomic E-state index is 0.399. The maximum atomic E-state index is 5.93. The predicted octanol–water partition coefficient (Wildman–Crippen LogP) is 1.47. The van der Waals surface area contributed by atoms with Crippen LogP contribution in [0.5, 0.6) is 0 Å². The van der Waals surface area contributed by atoms with Crippen molar-refractivity contribution in [1.29, 1.82) is 0 Å². The third-order valence-electron chi connectivity index (χ3n) is 4.30. The molecule has 2 N–H and O–H groups in total. The Morgan fingerprint density at radius 3 is 2.69 bits per heavy atom. The average Bonchev–Trinajstić information content (AvgIpc) is 2.88. The van der Waals surface area contributed by atoms with Gasteiger partial charge in [0.25, 0.3) is 0 Å². The van der Waals surface area contributed by atoms with Crippen molar-refractivity contribution < 1.29 is 4.74 Å². The van der Waals surface area contributed by atoms with Crippen molar-refractivity contribution in [3.8, 4) is 0 Å². The summed E-state index contributed by atoms with van der Waals surface area (Å²) < 4.78 is 5.79. The molecule has 16 heavy (non-hydrogen) atoms. The molecule has 3 heteroatoms. The van der Waals surface area contributed by atoms with Crippen LogP contribution in [0.1, 0.15) is 33.1 Å². The van der Waals surface area contributed by atoms with Crippen molar-refractivity contribution in [2.75, 3.05) is 26.2 Å². The van der Waals surface area contributed by atoms with Gasteiger partial charge in [-0.1, -0.05) is 13.8 Å². The smallest absolute Gasteiger partial charge is 0.0743 e. The van der Waals surface area contributed by atoms with E-state index in [1.165, 1.54) is 32.4 Å². The van der Waals surface area contributed by atoms with E-state index in [4.69, 9.17) is 10.5 Å². The van der Waals surface area contributed by atoms with Crippen molar-refractivity contribution in [2.24, 2.45) is 17.6 Å². The summed E-state index contributed by atoms with van der Waals surface area (Å²) in [4.78, 5) is 2.57. The molecular formula is C13H26N2O. The Morgan fingerprint density at radius 2 is 2.19 bits per heavy atom. The Labute approximate surface area is 99.3 Å². The van der Waals surface area contributed by atoms with Crippen LogP contribution in [0.25, 0.3) is 0 Å². The van der Waals surface area contributed by atoms with Crippen molar-refractivity contribution in [2.45, 2.75) is 45.3 Å². The molecule has 2 heterocycles. The molecule has 2 aliphatic heterocycles. The van der Waals surface area contributed by atoms with Gasteiger partial charge in [0.05, 0.1) is 6.10 Å². The monoisotopic (exact) mass is 226 g/mol. The normalized spacial score (nSPS) is 33.8. The van der Waals surface area contributed by atoms with Gasteiger partial charge in [0.2, 0.25) is 0 Å². The maximum Gasteiger partial charge on any atom is 0.0743 e. The van der Waals surface area contributed by atoms with E-state index >= 15 is 0 Å². The van der Waals surface area contributed by atoms with Crippen molar-refractivity contribution >= 4 is 0 Å². The van der Waals surface area contributed by atoms with Gasteiger partial charge >= 0.3 is 0 Å². The van der Waals surface area contributed by atoms with Gasteiger partial charge in [-0.2, -0.15) is 0 Å². The lowest BCUT2D eigenvalue weighted by Crippen LogP contribution is -2.47. The van der Waals surface area contributed by atoms with Gasteiger partial charge in [-0.05, 0) is 37.6 Å². The second-order valence-corrected chi connectivity index (χ2v) is 5.64. The number of ether oxygens (including phenoxy) is 1. The molecular weight excluding hydrogens is 200 g/mol. The predicted molar refractivity (Wildman–Crippen MR) is 66.3 cm³/mol. The fourth-order valence-corrected chi connectivity index (χ4v) is 3.10. The molecule has 3 unspecified atom stereocenters. The van der Waals surface area contributed by atoms with E-state index < -0.39 is 0 Å². The highest BCUT2D eigenvalue weighted by atomic mass is 16.5. The fourth-order valence-electron chi connectivity index (χ4n) is 3.10. The Hall–Kier alpha value is -0.120. The molecule has 0 aromatic rings. The lowest BCUT2D eigenvalue weighted by atomic mass is 9.95. The quantitative estimate of drug-likeness (QED) is 0.789. The van der Waals surface area contributed by atoms with Gasteiger partial charge in [-0.3, -0.25) is 4.90 Å². The third kappa shape index (κ3) is 2.58. The maximum absolute atomic E-state index is 5.93. The van der Waals surface area contributed by atoms with E-state index in [0.29, 0.717) is 12.1 Å². The van der Waals surface area contributed by atoms with Crippen LogP contribution in [0, 0.1) is 11.8 Å². The fraction of sp³-hybridized carbons (Fsp3) is 1.00. The minimum Gasteiger partial charge on any atom is -0.377 e. The highest BCUT2D eigenvalue weighted by Crippen LogP contribution is 2.28. The second kappa shape index (κ2) is 5.48. The summed E-state index contributed by atoms with van der Waals surface area (Å²) >= 11 is 0. The Kier molecular flexibility index (Phi) is 4.22. The minimum absolute atomic E-state index is 0.399. The zero-order chi connectivity index (χ0) is 11.5. The number of rotatable bonds is 4. The summed E-state index contributed by atoms with van der Waals surface area (Å²) in [6.45, 7) is 8.78. The first-order chi connectivity index (χ1) is 7.72. The largest absolute Gasteiger partial charge is 0.377 e. The SMILES string of the molecule is CC(C)C1CCN(C(CN)C2CCCO2)C1. The number of nitrogens with two attached hydrogens (primary N) is 1. The highest BCUT2D eigenvalue weighted by molar-refractivity contribution is 4.89. The van der Waals surface area contributed by atoms with Gasteiger partial charge in [0, 0.05) is 25.7 Å². The van der Waals surface area contributed by atoms with Gasteiger partial charge in [-0.25, -0.2) is 0 Å². The van der Waals surface area contributed by atoms with Gasteiger partial charge in [0.15, 0.2) is 0 Å². The lowest BCUT2D eigenvalue weighted by Gasteiger charge is -2.31. The number of nitrogens with zero attached hydrogens (tertiary/aromatic N) is 1.